The topological polar surface area (TPSA) is 16.4 Å². The fraction of sp³-hybridized carbons (Fsp3) is 0.778. The van der Waals surface area contributed by atoms with Gasteiger partial charge in [0.1, 0.15) is 5.25 Å². The van der Waals surface area contributed by atoms with E-state index in [0.717, 1.165) is 18.6 Å². The number of hydrogen-bond donors (Lipinski definition) is 2. The third-order valence-electron chi connectivity index (χ3n) is 1.65. The second-order valence-corrected chi connectivity index (χ2v) is 4.88. The minimum absolute atomic E-state index is 0.363. The van der Waals surface area contributed by atoms with E-state index in [4.69, 9.17) is 5.69 Å². The van der Waals surface area contributed by atoms with Crippen LogP contribution in [0.25, 0.3) is 4.95 Å². The summed E-state index contributed by atoms with van der Waals surface area (Å²) in [5, 5.41) is 0.363. The second-order valence-electron chi connectivity index (χ2n) is 2.60. The first kappa shape index (κ1) is 11.4. The number of nitrogens with zero attached hydrogens (tertiary/aromatic N) is 1. The summed E-state index contributed by atoms with van der Waals surface area (Å²) in [7, 11) is 1.37. The zero-order chi connectivity index (χ0) is 9.40. The van der Waals surface area contributed by atoms with E-state index >= 15 is 0 Å². The van der Waals surface area contributed by atoms with E-state index in [1.54, 1.807) is 7.05 Å². The third kappa shape index (κ3) is 4.33. The molecule has 0 aliphatic rings. The molecular weight excluding hydrogens is 168 g/mol. The molecule has 12 heavy (non-hydrogen) atoms. The Balaban J connectivity index is 4.15. The predicted octanol–water partition coefficient (Wildman–Crippen LogP) is 2.23. The van der Waals surface area contributed by atoms with Gasteiger partial charge in [-0.25, -0.2) is 0 Å². The summed E-state index contributed by atoms with van der Waals surface area (Å²) in [6.45, 7) is 4.28. The Hall–Kier alpha value is -0.580. The molecule has 0 aromatic carbocycles. The first-order chi connectivity index (χ1) is 5.76. The maximum atomic E-state index is 5.96. The van der Waals surface area contributed by atoms with Gasteiger partial charge in [-0.3, -0.25) is 0 Å². The molecule has 0 radical (unpaired) electrons. The average molecular weight is 187 g/mol. The molecule has 0 aromatic rings. The summed E-state index contributed by atoms with van der Waals surface area (Å²) >= 11 is 0. The van der Waals surface area contributed by atoms with Gasteiger partial charge < -0.3 is 0 Å². The largest absolute Gasteiger partial charge is 0.332 e. The quantitative estimate of drug-likeness (QED) is 0.500. The van der Waals surface area contributed by atoms with E-state index < -0.39 is 10.3 Å². The number of rotatable bonds is 2. The van der Waals surface area contributed by atoms with Gasteiger partial charge in [-0.1, -0.05) is 25.7 Å². The van der Waals surface area contributed by atoms with E-state index in [0.29, 0.717) is 5.25 Å². The van der Waals surface area contributed by atoms with E-state index in [2.05, 4.69) is 30.3 Å². The van der Waals surface area contributed by atoms with Crippen LogP contribution < -0.4 is 5.43 Å². The molecule has 3 heteroatoms. The van der Waals surface area contributed by atoms with E-state index in [-0.39, 0.29) is 0 Å². The van der Waals surface area contributed by atoms with Gasteiger partial charge in [-0.2, -0.15) is 10.3 Å². The molecule has 2 atom stereocenters. The molecule has 0 heterocycles. The second kappa shape index (κ2) is 7.09. The summed E-state index contributed by atoms with van der Waals surface area (Å²) in [6, 6.07) is 3.04. The minimum Gasteiger partial charge on any atom is -0.184 e. The minimum atomic E-state index is -0.404. The monoisotopic (exact) mass is 187 g/mol. The Bertz CT molecular complexity index is 228. The van der Waals surface area contributed by atoms with Gasteiger partial charge in [-0.05, 0) is 12.2 Å². The lowest BCUT2D eigenvalue weighted by Gasteiger charge is -2.04. The highest BCUT2D eigenvalue weighted by atomic mass is 32.2. The van der Waals surface area contributed by atoms with Gasteiger partial charge in [0.25, 0.3) is 0 Å². The number of nitrogens with one attached hydrogen (secondary N) is 1. The first-order valence-corrected chi connectivity index (χ1v) is 6.06. The van der Waals surface area contributed by atoms with Crippen molar-refractivity contribution in [1.29, 1.82) is 0 Å². The Morgan fingerprint density at radius 1 is 1.58 bits per heavy atom. The van der Waals surface area contributed by atoms with Crippen molar-refractivity contribution >= 4 is 10.3 Å². The molecule has 0 bridgehead atoms. The van der Waals surface area contributed by atoms with Crippen LogP contribution in [0.3, 0.4) is 0 Å². The summed E-state index contributed by atoms with van der Waals surface area (Å²) in [5.74, 6) is 1.05. The molecule has 1 N–H and O–H groups in total. The van der Waals surface area contributed by atoms with Crippen molar-refractivity contribution in [2.75, 3.05) is 12.8 Å². The summed E-state index contributed by atoms with van der Waals surface area (Å²) in [4.78, 5) is 3.90. The van der Waals surface area contributed by atoms with Crippen molar-refractivity contribution in [2.45, 2.75) is 31.9 Å². The van der Waals surface area contributed by atoms with Crippen molar-refractivity contribution in [1.82, 2.24) is 5.43 Å². The van der Waals surface area contributed by atoms with Crippen LogP contribution in [0.2, 0.25) is 0 Å². The van der Waals surface area contributed by atoms with Crippen LogP contribution >= 0.6 is 10.3 Å². The van der Waals surface area contributed by atoms with Crippen molar-refractivity contribution in [3.05, 3.63) is 4.95 Å². The Kier molecular flexibility index (Phi) is 6.75. The molecule has 0 aliphatic heterocycles. The fourth-order valence-electron chi connectivity index (χ4n) is 0.937. The van der Waals surface area contributed by atoms with Gasteiger partial charge in [-0.15, -0.1) is 5.69 Å². The lowest BCUT2D eigenvalue weighted by atomic mass is 10.3. The molecule has 0 aromatic heterocycles. The molecule has 0 fully saturated rings. The van der Waals surface area contributed by atoms with Crippen molar-refractivity contribution < 1.29 is 0 Å². The highest BCUT2D eigenvalue weighted by molar-refractivity contribution is 8.07. The third-order valence-corrected chi connectivity index (χ3v) is 3.56. The first-order valence-electron chi connectivity index (χ1n) is 4.39. The summed E-state index contributed by atoms with van der Waals surface area (Å²) in [6.07, 6.45) is 2.24. The van der Waals surface area contributed by atoms with Crippen molar-refractivity contribution in [2.24, 2.45) is 0 Å². The maximum absolute atomic E-state index is 5.96. The lowest BCUT2D eigenvalue weighted by molar-refractivity contribution is 0.836. The van der Waals surface area contributed by atoms with Crippen LogP contribution in [-0.2, 0) is 0 Å². The summed E-state index contributed by atoms with van der Waals surface area (Å²) < 4.78 is 0. The smallest absolute Gasteiger partial charge is 0.184 e. The maximum Gasteiger partial charge on any atom is 0.332 e. The molecule has 0 saturated heterocycles. The zero-order valence-electron chi connectivity index (χ0n) is 8.17. The SMILES string of the molecule is C#[SH](CC)[C@@H](C#[N+]NC)CCC. The fourth-order valence-corrected chi connectivity index (χ4v) is 2.17. The van der Waals surface area contributed by atoms with Crippen molar-refractivity contribution in [3.8, 4) is 11.8 Å². The molecule has 2 nitrogen and oxygen atoms in total. The molecule has 70 valence electrons. The van der Waals surface area contributed by atoms with Gasteiger partial charge in [0.15, 0.2) is 0 Å². The van der Waals surface area contributed by atoms with Crippen LogP contribution in [0, 0.1) is 11.8 Å². The van der Waals surface area contributed by atoms with E-state index in [1.807, 2.05) is 0 Å². The molecular formula is C9H19N2S+. The standard InChI is InChI=1S/C9H19N2S/c1-5-7-9(8-11-10-3)12(4)6-2/h4,9-10,12H,5-7H2,1-3H3/q+1/t9-/m1/s1. The van der Waals surface area contributed by atoms with Crippen LogP contribution in [0.15, 0.2) is 0 Å². The van der Waals surface area contributed by atoms with Crippen LogP contribution in [0.5, 0.6) is 0 Å². The molecule has 0 saturated carbocycles. The summed E-state index contributed by atoms with van der Waals surface area (Å²) in [5.41, 5.74) is 8.66. The van der Waals surface area contributed by atoms with E-state index in [1.165, 1.54) is 0 Å². The Morgan fingerprint density at radius 2 is 2.25 bits per heavy atom. The Labute approximate surface area is 77.7 Å². The molecule has 0 aliphatic carbocycles. The van der Waals surface area contributed by atoms with Crippen LogP contribution in [0.4, 0.5) is 0 Å². The normalized spacial score (nSPS) is 14.2. The lowest BCUT2D eigenvalue weighted by Crippen LogP contribution is -2.01. The highest BCUT2D eigenvalue weighted by Crippen LogP contribution is 2.19. The van der Waals surface area contributed by atoms with Crippen molar-refractivity contribution in [3.63, 3.8) is 0 Å². The van der Waals surface area contributed by atoms with Gasteiger partial charge in [0, 0.05) is 0 Å². The number of hydrogen-bond acceptors (Lipinski definition) is 1. The molecule has 0 amide bonds. The molecule has 0 spiro atoms. The number of thiol groups is 1. The van der Waals surface area contributed by atoms with Gasteiger partial charge in [0.05, 0.1) is 12.0 Å². The van der Waals surface area contributed by atoms with Crippen LogP contribution in [-0.4, -0.2) is 18.1 Å². The predicted molar refractivity (Wildman–Crippen MR) is 59.5 cm³/mol. The Morgan fingerprint density at radius 3 is 2.67 bits per heavy atom. The molecule has 1 unspecified atom stereocenters. The molecule has 0 rings (SSSR count). The van der Waals surface area contributed by atoms with Gasteiger partial charge >= 0.3 is 6.07 Å². The van der Waals surface area contributed by atoms with Crippen LogP contribution in [0.1, 0.15) is 26.7 Å². The zero-order valence-corrected chi connectivity index (χ0v) is 9.06. The average Bonchev–Trinajstić information content (AvgIpc) is 2.11. The highest BCUT2D eigenvalue weighted by Gasteiger charge is 2.10. The van der Waals surface area contributed by atoms with Gasteiger partial charge in [0.2, 0.25) is 0 Å². The van der Waals surface area contributed by atoms with E-state index in [9.17, 15) is 0 Å².